The van der Waals surface area contributed by atoms with Crippen molar-refractivity contribution in [1.82, 2.24) is 9.78 Å². The van der Waals surface area contributed by atoms with Gasteiger partial charge in [0.15, 0.2) is 11.5 Å². The summed E-state index contributed by atoms with van der Waals surface area (Å²) in [7, 11) is 3.11. The van der Waals surface area contributed by atoms with Crippen molar-refractivity contribution in [2.75, 3.05) is 19.5 Å². The van der Waals surface area contributed by atoms with E-state index in [9.17, 15) is 14.0 Å². The average Bonchev–Trinajstić information content (AvgIpc) is 3.35. The molecule has 4 aromatic carbocycles. The number of hydrogen-bond acceptors (Lipinski definition) is 6. The number of nitrogens with one attached hydrogen (secondary N) is 1. The quantitative estimate of drug-likeness (QED) is 0.207. The number of rotatable bonds is 8. The Morgan fingerprint density at radius 3 is 2.21 bits per heavy atom. The molecule has 42 heavy (non-hydrogen) atoms. The predicted molar refractivity (Wildman–Crippen MR) is 158 cm³/mol. The zero-order valence-electron chi connectivity index (χ0n) is 23.5. The van der Waals surface area contributed by atoms with Crippen molar-refractivity contribution >= 4 is 17.6 Å². The van der Waals surface area contributed by atoms with Crippen molar-refractivity contribution < 1.29 is 28.2 Å². The molecular weight excluding hydrogens is 537 g/mol. The summed E-state index contributed by atoms with van der Waals surface area (Å²) in [5.74, 6) is -0.155. The van der Waals surface area contributed by atoms with E-state index in [-0.39, 0.29) is 11.4 Å². The van der Waals surface area contributed by atoms with Gasteiger partial charge in [0.2, 0.25) is 5.88 Å². The molecule has 0 unspecified atom stereocenters. The van der Waals surface area contributed by atoms with Crippen LogP contribution in [0, 0.1) is 12.7 Å². The van der Waals surface area contributed by atoms with Crippen molar-refractivity contribution in [2.24, 2.45) is 0 Å². The SMILES string of the molecule is COc1ccc(-c2nn(-c3cccc(C)c3)c(OC(C)=O)c2-c2ccc(NC(=O)c3cccc(F)c3)cc2)cc1OC. The highest BCUT2D eigenvalue weighted by Gasteiger charge is 2.25. The number of carbonyl (C=O) groups is 2. The first-order valence-corrected chi connectivity index (χ1v) is 13.1. The van der Waals surface area contributed by atoms with Gasteiger partial charge in [-0.15, -0.1) is 0 Å². The Hall–Kier alpha value is -5.44. The third-order valence-electron chi connectivity index (χ3n) is 6.50. The summed E-state index contributed by atoms with van der Waals surface area (Å²) < 4.78 is 31.9. The van der Waals surface area contributed by atoms with Gasteiger partial charge in [0.05, 0.1) is 25.5 Å². The van der Waals surface area contributed by atoms with Gasteiger partial charge in [-0.25, -0.2) is 4.39 Å². The maximum absolute atomic E-state index is 13.6. The van der Waals surface area contributed by atoms with Crippen LogP contribution in [0.1, 0.15) is 22.8 Å². The van der Waals surface area contributed by atoms with E-state index in [4.69, 9.17) is 19.3 Å². The monoisotopic (exact) mass is 565 g/mol. The molecule has 5 aromatic rings. The van der Waals surface area contributed by atoms with Crippen LogP contribution in [0.5, 0.6) is 17.4 Å². The van der Waals surface area contributed by atoms with E-state index < -0.39 is 17.7 Å². The van der Waals surface area contributed by atoms with Gasteiger partial charge in [-0.1, -0.05) is 30.3 Å². The van der Waals surface area contributed by atoms with Gasteiger partial charge in [0.25, 0.3) is 5.91 Å². The van der Waals surface area contributed by atoms with E-state index in [0.29, 0.717) is 45.3 Å². The molecule has 8 nitrogen and oxygen atoms in total. The molecule has 212 valence electrons. The second-order valence-electron chi connectivity index (χ2n) is 9.48. The largest absolute Gasteiger partial charge is 0.493 e. The van der Waals surface area contributed by atoms with E-state index in [1.165, 1.54) is 31.2 Å². The smallest absolute Gasteiger partial charge is 0.309 e. The summed E-state index contributed by atoms with van der Waals surface area (Å²) in [5, 5.41) is 7.69. The number of hydrogen-bond donors (Lipinski definition) is 1. The highest BCUT2D eigenvalue weighted by atomic mass is 19.1. The van der Waals surface area contributed by atoms with Gasteiger partial charge in [-0.05, 0) is 78.7 Å². The molecule has 0 saturated heterocycles. The Kier molecular flexibility index (Phi) is 8.01. The zero-order chi connectivity index (χ0) is 29.8. The molecule has 0 aliphatic rings. The minimum Gasteiger partial charge on any atom is -0.493 e. The lowest BCUT2D eigenvalue weighted by Crippen LogP contribution is -2.11. The molecule has 0 radical (unpaired) electrons. The Morgan fingerprint density at radius 2 is 1.55 bits per heavy atom. The van der Waals surface area contributed by atoms with Crippen LogP contribution in [0.3, 0.4) is 0 Å². The van der Waals surface area contributed by atoms with E-state index >= 15 is 0 Å². The first-order valence-electron chi connectivity index (χ1n) is 13.1. The number of aryl methyl sites for hydroxylation is 1. The standard InChI is InChI=1S/C33H28FN3O5/c1-20-7-5-10-27(17-20)37-33(42-21(2)38)30(31(36-37)23-13-16-28(40-3)29(19-23)41-4)22-11-14-26(15-12-22)35-32(39)24-8-6-9-25(34)18-24/h5-19H,1-4H3,(H,35,39). The molecular formula is C33H28FN3O5. The summed E-state index contributed by atoms with van der Waals surface area (Å²) in [6, 6.07) is 25.6. The predicted octanol–water partition coefficient (Wildman–Crippen LogP) is 6.85. The van der Waals surface area contributed by atoms with Crippen LogP contribution in [0.15, 0.2) is 91.0 Å². The fourth-order valence-electron chi connectivity index (χ4n) is 4.57. The van der Waals surface area contributed by atoms with Gasteiger partial charge in [0.1, 0.15) is 11.5 Å². The minimum atomic E-state index is -0.511. The maximum atomic E-state index is 13.6. The molecule has 1 aromatic heterocycles. The summed E-state index contributed by atoms with van der Waals surface area (Å²) in [6.45, 7) is 3.30. The number of nitrogens with zero attached hydrogens (tertiary/aromatic N) is 2. The molecule has 0 fully saturated rings. The van der Waals surface area contributed by atoms with Crippen LogP contribution in [-0.2, 0) is 4.79 Å². The number of benzene rings is 4. The number of esters is 1. The van der Waals surface area contributed by atoms with Crippen LogP contribution in [-0.4, -0.2) is 35.9 Å². The summed E-state index contributed by atoms with van der Waals surface area (Å²) in [5.41, 5.74) is 4.88. The van der Waals surface area contributed by atoms with Gasteiger partial charge < -0.3 is 19.5 Å². The first-order chi connectivity index (χ1) is 20.3. The Morgan fingerprint density at radius 1 is 0.833 bits per heavy atom. The molecule has 1 N–H and O–H groups in total. The van der Waals surface area contributed by atoms with Gasteiger partial charge in [-0.3, -0.25) is 9.59 Å². The van der Waals surface area contributed by atoms with Crippen LogP contribution >= 0.6 is 0 Å². The number of halogens is 1. The number of anilines is 1. The van der Waals surface area contributed by atoms with Crippen molar-refractivity contribution in [3.8, 4) is 45.5 Å². The van der Waals surface area contributed by atoms with E-state index in [1.54, 1.807) is 55.3 Å². The number of ether oxygens (including phenoxy) is 3. The lowest BCUT2D eigenvalue weighted by Gasteiger charge is -2.11. The normalized spacial score (nSPS) is 10.7. The second kappa shape index (κ2) is 12.0. The van der Waals surface area contributed by atoms with Crippen molar-refractivity contribution in [3.05, 3.63) is 108 Å². The lowest BCUT2D eigenvalue weighted by atomic mass is 10.0. The molecule has 0 saturated carbocycles. The molecule has 0 aliphatic carbocycles. The summed E-state index contributed by atoms with van der Waals surface area (Å²) >= 11 is 0. The molecule has 0 atom stereocenters. The fourth-order valence-corrected chi connectivity index (χ4v) is 4.57. The average molecular weight is 566 g/mol. The number of aromatic nitrogens is 2. The highest BCUT2D eigenvalue weighted by Crippen LogP contribution is 2.43. The maximum Gasteiger partial charge on any atom is 0.309 e. The molecule has 0 bridgehead atoms. The van der Waals surface area contributed by atoms with Crippen LogP contribution < -0.4 is 19.5 Å². The molecule has 1 heterocycles. The number of carbonyl (C=O) groups excluding carboxylic acids is 2. The Bertz CT molecular complexity index is 1780. The number of methoxy groups -OCH3 is 2. The van der Waals surface area contributed by atoms with Gasteiger partial charge in [-0.2, -0.15) is 9.78 Å². The highest BCUT2D eigenvalue weighted by molar-refractivity contribution is 6.04. The molecule has 5 rings (SSSR count). The number of amides is 1. The van der Waals surface area contributed by atoms with Crippen molar-refractivity contribution in [2.45, 2.75) is 13.8 Å². The fraction of sp³-hybridized carbons (Fsp3) is 0.121. The van der Waals surface area contributed by atoms with Gasteiger partial charge in [0, 0.05) is 23.7 Å². The molecule has 0 aliphatic heterocycles. The van der Waals surface area contributed by atoms with Crippen molar-refractivity contribution in [3.63, 3.8) is 0 Å². The van der Waals surface area contributed by atoms with Crippen molar-refractivity contribution in [1.29, 1.82) is 0 Å². The zero-order valence-corrected chi connectivity index (χ0v) is 23.5. The summed E-state index contributed by atoms with van der Waals surface area (Å²) in [4.78, 5) is 25.0. The van der Waals surface area contributed by atoms with Gasteiger partial charge >= 0.3 is 5.97 Å². The first kappa shape index (κ1) is 28.1. The molecule has 0 spiro atoms. The van der Waals surface area contributed by atoms with Crippen LogP contribution in [0.2, 0.25) is 0 Å². The lowest BCUT2D eigenvalue weighted by molar-refractivity contribution is -0.132. The van der Waals surface area contributed by atoms with E-state index in [1.807, 2.05) is 37.3 Å². The molecule has 9 heteroatoms. The molecule has 1 amide bonds. The van der Waals surface area contributed by atoms with E-state index in [2.05, 4.69) is 5.32 Å². The third kappa shape index (κ3) is 5.85. The van der Waals surface area contributed by atoms with Crippen LogP contribution in [0.25, 0.3) is 28.1 Å². The Labute approximate surface area is 242 Å². The van der Waals surface area contributed by atoms with Crippen LogP contribution in [0.4, 0.5) is 10.1 Å². The third-order valence-corrected chi connectivity index (χ3v) is 6.50. The topological polar surface area (TPSA) is 91.7 Å². The Balaban J connectivity index is 1.64. The second-order valence-corrected chi connectivity index (χ2v) is 9.48. The minimum absolute atomic E-state index is 0.200. The summed E-state index contributed by atoms with van der Waals surface area (Å²) in [6.07, 6.45) is 0. The van der Waals surface area contributed by atoms with E-state index in [0.717, 1.165) is 5.56 Å².